The number of piperidine rings is 1. The number of rotatable bonds is 5. The van der Waals surface area contributed by atoms with Gasteiger partial charge in [-0.05, 0) is 37.8 Å². The van der Waals surface area contributed by atoms with Gasteiger partial charge in [-0.25, -0.2) is 4.79 Å². The SMILES string of the molecule is CCOC(=O)c1c(-c2ccccc2)oc2ccc(O)c(C[NH+]3CCC(C)CC3)c12. The van der Waals surface area contributed by atoms with E-state index in [1.807, 2.05) is 30.3 Å². The third-order valence-electron chi connectivity index (χ3n) is 5.86. The molecule has 5 nitrogen and oxygen atoms in total. The van der Waals surface area contributed by atoms with Gasteiger partial charge in [0.15, 0.2) is 0 Å². The number of esters is 1. The van der Waals surface area contributed by atoms with E-state index in [0.29, 0.717) is 28.8 Å². The van der Waals surface area contributed by atoms with Crippen molar-refractivity contribution in [3.63, 3.8) is 0 Å². The fraction of sp³-hybridized carbons (Fsp3) is 0.375. The van der Waals surface area contributed by atoms with Crippen LogP contribution in [-0.4, -0.2) is 30.8 Å². The molecule has 1 aliphatic rings. The minimum Gasteiger partial charge on any atom is -0.507 e. The Morgan fingerprint density at radius 2 is 1.90 bits per heavy atom. The number of aromatic hydroxyl groups is 1. The number of carbonyl (C=O) groups is 1. The molecule has 2 aromatic carbocycles. The highest BCUT2D eigenvalue weighted by atomic mass is 16.5. The Bertz CT molecular complexity index is 1000. The third-order valence-corrected chi connectivity index (χ3v) is 5.86. The summed E-state index contributed by atoms with van der Waals surface area (Å²) in [5.74, 6) is 1.03. The number of nitrogens with one attached hydrogen (secondary N) is 1. The third kappa shape index (κ3) is 3.87. The van der Waals surface area contributed by atoms with Crippen LogP contribution in [0.2, 0.25) is 0 Å². The summed E-state index contributed by atoms with van der Waals surface area (Å²) in [6.45, 7) is 7.15. The van der Waals surface area contributed by atoms with Crippen molar-refractivity contribution in [3.05, 3.63) is 53.6 Å². The summed E-state index contributed by atoms with van der Waals surface area (Å²) >= 11 is 0. The minimum atomic E-state index is -0.417. The monoisotopic (exact) mass is 394 g/mol. The zero-order chi connectivity index (χ0) is 20.4. The van der Waals surface area contributed by atoms with Gasteiger partial charge in [0.1, 0.15) is 29.2 Å². The highest BCUT2D eigenvalue weighted by molar-refractivity contribution is 6.10. The standard InChI is InChI=1S/C24H27NO4/c1-3-28-24(27)22-21-18(15-25-13-11-16(2)12-14-25)19(26)9-10-20(21)29-23(22)17-7-5-4-6-8-17/h4-10,16,26H,3,11-15H2,1-2H3/p+1. The Kier molecular flexibility index (Phi) is 5.58. The van der Waals surface area contributed by atoms with E-state index in [-0.39, 0.29) is 12.4 Å². The number of likely N-dealkylation sites (tertiary alicyclic amines) is 1. The molecule has 0 spiro atoms. The van der Waals surface area contributed by atoms with Gasteiger partial charge in [-0.15, -0.1) is 0 Å². The first-order valence-corrected chi connectivity index (χ1v) is 10.4. The summed E-state index contributed by atoms with van der Waals surface area (Å²) in [6, 6.07) is 13.0. The maximum absolute atomic E-state index is 12.9. The Hall–Kier alpha value is -2.79. The van der Waals surface area contributed by atoms with E-state index >= 15 is 0 Å². The lowest BCUT2D eigenvalue weighted by Crippen LogP contribution is -3.11. The van der Waals surface area contributed by atoms with E-state index in [0.717, 1.165) is 30.1 Å². The van der Waals surface area contributed by atoms with Crippen LogP contribution in [0, 0.1) is 5.92 Å². The zero-order valence-electron chi connectivity index (χ0n) is 17.0. The van der Waals surface area contributed by atoms with Gasteiger partial charge in [-0.1, -0.05) is 37.3 Å². The fourth-order valence-corrected chi connectivity index (χ4v) is 4.22. The van der Waals surface area contributed by atoms with Crippen molar-refractivity contribution in [1.29, 1.82) is 0 Å². The molecule has 2 heterocycles. The molecular formula is C24H28NO4+. The normalized spacial score (nSPS) is 19.4. The summed E-state index contributed by atoms with van der Waals surface area (Å²) in [5.41, 5.74) is 2.59. The van der Waals surface area contributed by atoms with Crippen LogP contribution < -0.4 is 4.90 Å². The number of fused-ring (bicyclic) bond motifs is 1. The Balaban J connectivity index is 1.86. The van der Waals surface area contributed by atoms with Gasteiger partial charge in [0.2, 0.25) is 0 Å². The van der Waals surface area contributed by atoms with Crippen molar-refractivity contribution in [1.82, 2.24) is 0 Å². The summed E-state index contributed by atoms with van der Waals surface area (Å²) < 4.78 is 11.5. The predicted octanol–water partition coefficient (Wildman–Crippen LogP) is 3.80. The van der Waals surface area contributed by atoms with Gasteiger partial charge in [-0.2, -0.15) is 0 Å². The van der Waals surface area contributed by atoms with E-state index in [1.54, 1.807) is 19.1 Å². The lowest BCUT2D eigenvalue weighted by molar-refractivity contribution is -0.919. The lowest BCUT2D eigenvalue weighted by atomic mass is 9.97. The number of benzene rings is 2. The molecule has 1 saturated heterocycles. The van der Waals surface area contributed by atoms with Crippen LogP contribution >= 0.6 is 0 Å². The Morgan fingerprint density at radius 1 is 1.17 bits per heavy atom. The highest BCUT2D eigenvalue weighted by Crippen LogP contribution is 2.38. The molecule has 152 valence electrons. The number of hydrogen-bond acceptors (Lipinski definition) is 4. The van der Waals surface area contributed by atoms with Crippen LogP contribution in [0.4, 0.5) is 0 Å². The molecule has 0 bridgehead atoms. The van der Waals surface area contributed by atoms with E-state index in [9.17, 15) is 9.90 Å². The Labute approximate surface area is 170 Å². The summed E-state index contributed by atoms with van der Waals surface area (Å²) in [5, 5.41) is 11.4. The molecule has 0 radical (unpaired) electrons. The fourth-order valence-electron chi connectivity index (χ4n) is 4.22. The van der Waals surface area contributed by atoms with Gasteiger partial charge in [0.05, 0.1) is 25.3 Å². The molecule has 1 fully saturated rings. The van der Waals surface area contributed by atoms with Crippen LogP contribution in [0.1, 0.15) is 42.6 Å². The van der Waals surface area contributed by atoms with Crippen LogP contribution in [-0.2, 0) is 11.3 Å². The number of hydrogen-bond donors (Lipinski definition) is 2. The molecule has 3 aromatic rings. The predicted molar refractivity (Wildman–Crippen MR) is 112 cm³/mol. The highest BCUT2D eigenvalue weighted by Gasteiger charge is 2.29. The number of furan rings is 1. The van der Waals surface area contributed by atoms with Gasteiger partial charge >= 0.3 is 5.97 Å². The molecule has 2 N–H and O–H groups in total. The molecule has 1 aliphatic heterocycles. The molecule has 0 aliphatic carbocycles. The molecule has 29 heavy (non-hydrogen) atoms. The van der Waals surface area contributed by atoms with E-state index in [2.05, 4.69) is 6.92 Å². The number of phenols is 1. The molecule has 0 saturated carbocycles. The number of phenolic OH excluding ortho intramolecular Hbond substituents is 1. The maximum atomic E-state index is 12.9. The lowest BCUT2D eigenvalue weighted by Gasteiger charge is -2.27. The smallest absolute Gasteiger partial charge is 0.342 e. The number of carbonyl (C=O) groups excluding carboxylic acids is 1. The van der Waals surface area contributed by atoms with Crippen LogP contribution in [0.3, 0.4) is 0 Å². The van der Waals surface area contributed by atoms with Gasteiger partial charge in [0.25, 0.3) is 0 Å². The largest absolute Gasteiger partial charge is 0.507 e. The van der Waals surface area contributed by atoms with E-state index < -0.39 is 5.97 Å². The molecule has 0 unspecified atom stereocenters. The molecule has 0 atom stereocenters. The van der Waals surface area contributed by atoms with Crippen LogP contribution in [0.25, 0.3) is 22.3 Å². The van der Waals surface area contributed by atoms with Crippen molar-refractivity contribution < 1.29 is 24.0 Å². The maximum Gasteiger partial charge on any atom is 0.342 e. The van der Waals surface area contributed by atoms with Crippen LogP contribution in [0.5, 0.6) is 5.75 Å². The molecule has 0 amide bonds. The first kappa shape index (κ1) is 19.5. The van der Waals surface area contributed by atoms with E-state index in [1.165, 1.54) is 17.7 Å². The van der Waals surface area contributed by atoms with Crippen molar-refractivity contribution in [2.45, 2.75) is 33.2 Å². The van der Waals surface area contributed by atoms with Crippen molar-refractivity contribution in [2.24, 2.45) is 5.92 Å². The first-order chi connectivity index (χ1) is 14.1. The van der Waals surface area contributed by atoms with Crippen molar-refractivity contribution >= 4 is 16.9 Å². The quantitative estimate of drug-likeness (QED) is 0.646. The van der Waals surface area contributed by atoms with Crippen molar-refractivity contribution in [3.8, 4) is 17.1 Å². The minimum absolute atomic E-state index is 0.203. The summed E-state index contributed by atoms with van der Waals surface area (Å²) in [4.78, 5) is 14.4. The summed E-state index contributed by atoms with van der Waals surface area (Å²) in [6.07, 6.45) is 2.36. The van der Waals surface area contributed by atoms with Gasteiger partial charge in [-0.3, -0.25) is 0 Å². The second-order valence-corrected chi connectivity index (χ2v) is 7.94. The molecule has 5 heteroatoms. The van der Waals surface area contributed by atoms with Gasteiger partial charge in [0, 0.05) is 10.9 Å². The van der Waals surface area contributed by atoms with Crippen molar-refractivity contribution in [2.75, 3.05) is 19.7 Å². The van der Waals surface area contributed by atoms with Gasteiger partial charge < -0.3 is 19.2 Å². The second-order valence-electron chi connectivity index (χ2n) is 7.94. The van der Waals surface area contributed by atoms with E-state index in [4.69, 9.17) is 9.15 Å². The zero-order valence-corrected chi connectivity index (χ0v) is 17.0. The first-order valence-electron chi connectivity index (χ1n) is 10.4. The summed E-state index contributed by atoms with van der Waals surface area (Å²) in [7, 11) is 0. The Morgan fingerprint density at radius 3 is 2.59 bits per heavy atom. The van der Waals surface area contributed by atoms with Crippen LogP contribution in [0.15, 0.2) is 46.9 Å². The number of ether oxygens (including phenoxy) is 1. The molecule has 1 aromatic heterocycles. The number of quaternary nitrogens is 1. The second kappa shape index (κ2) is 8.29. The molecular weight excluding hydrogens is 366 g/mol. The average molecular weight is 394 g/mol. The topological polar surface area (TPSA) is 64.1 Å². The average Bonchev–Trinajstić information content (AvgIpc) is 3.12. The molecule has 4 rings (SSSR count).